The summed E-state index contributed by atoms with van der Waals surface area (Å²) in [5, 5.41) is 0. The zero-order chi connectivity index (χ0) is 14.6. The number of halogens is 1. The van der Waals surface area contributed by atoms with Gasteiger partial charge in [0.2, 0.25) is 0 Å². The van der Waals surface area contributed by atoms with Crippen molar-refractivity contribution in [2.75, 3.05) is 11.8 Å². The van der Waals surface area contributed by atoms with Crippen LogP contribution in [0.3, 0.4) is 0 Å². The van der Waals surface area contributed by atoms with Gasteiger partial charge in [0.15, 0.2) is 0 Å². The third kappa shape index (κ3) is 3.39. The molecular weight excluding hydrogens is 342 g/mol. The highest BCUT2D eigenvalue weighted by molar-refractivity contribution is 9.10. The van der Waals surface area contributed by atoms with Gasteiger partial charge in [0, 0.05) is 17.1 Å². The molecule has 0 fully saturated rings. The largest absolute Gasteiger partial charge is 0.380 e. The summed E-state index contributed by atoms with van der Waals surface area (Å²) in [4.78, 5) is 0.201. The Labute approximate surface area is 127 Å². The number of methoxy groups -OCH3 is 1. The standard InChI is InChI=1S/C14H14BrNO3S/c1-19-10-11-6-2-4-8-13(11)16-20(17,18)14-9-5-3-7-12(14)15/h2-9,16H,10H2,1H3. The first-order valence-electron chi connectivity index (χ1n) is 5.89. The van der Waals surface area contributed by atoms with Crippen LogP contribution in [0, 0.1) is 0 Å². The minimum Gasteiger partial charge on any atom is -0.380 e. The molecule has 0 saturated carbocycles. The lowest BCUT2D eigenvalue weighted by Gasteiger charge is -2.13. The fourth-order valence-corrected chi connectivity index (χ4v) is 3.87. The van der Waals surface area contributed by atoms with Gasteiger partial charge >= 0.3 is 0 Å². The molecule has 0 atom stereocenters. The van der Waals surface area contributed by atoms with Crippen molar-refractivity contribution in [1.82, 2.24) is 0 Å². The summed E-state index contributed by atoms with van der Waals surface area (Å²) in [5.41, 5.74) is 1.30. The van der Waals surface area contributed by atoms with Gasteiger partial charge in [-0.2, -0.15) is 0 Å². The van der Waals surface area contributed by atoms with Crippen molar-refractivity contribution in [3.63, 3.8) is 0 Å². The third-order valence-corrected chi connectivity index (χ3v) is 5.07. The predicted molar refractivity (Wildman–Crippen MR) is 82.1 cm³/mol. The molecule has 0 aromatic heterocycles. The van der Waals surface area contributed by atoms with Gasteiger partial charge in [-0.25, -0.2) is 8.42 Å². The van der Waals surface area contributed by atoms with E-state index in [-0.39, 0.29) is 4.90 Å². The minimum absolute atomic E-state index is 0.201. The molecule has 1 N–H and O–H groups in total. The van der Waals surface area contributed by atoms with Gasteiger partial charge in [0.25, 0.3) is 10.0 Å². The Hall–Kier alpha value is -1.37. The van der Waals surface area contributed by atoms with Crippen molar-refractivity contribution in [2.24, 2.45) is 0 Å². The second kappa shape index (κ2) is 6.39. The number of hydrogen-bond donors (Lipinski definition) is 1. The predicted octanol–water partition coefficient (Wildman–Crippen LogP) is 3.40. The summed E-state index contributed by atoms with van der Waals surface area (Å²) in [6.45, 7) is 0.342. The van der Waals surface area contributed by atoms with Crippen LogP contribution in [0.25, 0.3) is 0 Å². The van der Waals surface area contributed by atoms with Crippen LogP contribution < -0.4 is 4.72 Å². The van der Waals surface area contributed by atoms with E-state index in [1.165, 1.54) is 0 Å². The molecule has 0 bridgehead atoms. The van der Waals surface area contributed by atoms with Crippen LogP contribution in [0.1, 0.15) is 5.56 Å². The van der Waals surface area contributed by atoms with Gasteiger partial charge in [0.1, 0.15) is 4.90 Å². The summed E-state index contributed by atoms with van der Waals surface area (Å²) < 4.78 is 33.0. The number of anilines is 1. The maximum Gasteiger partial charge on any atom is 0.263 e. The van der Waals surface area contributed by atoms with E-state index in [1.54, 1.807) is 43.5 Å². The Morgan fingerprint density at radius 3 is 2.45 bits per heavy atom. The van der Waals surface area contributed by atoms with E-state index in [0.29, 0.717) is 16.8 Å². The molecule has 0 spiro atoms. The molecule has 0 aliphatic rings. The molecule has 6 heteroatoms. The molecule has 2 aromatic carbocycles. The molecule has 0 aliphatic carbocycles. The zero-order valence-corrected chi connectivity index (χ0v) is 13.2. The summed E-state index contributed by atoms with van der Waals surface area (Å²) in [6.07, 6.45) is 0. The molecule has 0 unspecified atom stereocenters. The highest BCUT2D eigenvalue weighted by Crippen LogP contribution is 2.25. The molecule has 0 saturated heterocycles. The third-order valence-electron chi connectivity index (χ3n) is 2.69. The van der Waals surface area contributed by atoms with Crippen LogP contribution in [0.5, 0.6) is 0 Å². The normalized spacial score (nSPS) is 11.3. The van der Waals surface area contributed by atoms with Crippen LogP contribution >= 0.6 is 15.9 Å². The number of sulfonamides is 1. The molecule has 0 radical (unpaired) electrons. The number of para-hydroxylation sites is 1. The topological polar surface area (TPSA) is 55.4 Å². The SMILES string of the molecule is COCc1ccccc1NS(=O)(=O)c1ccccc1Br. The van der Waals surface area contributed by atoms with E-state index in [4.69, 9.17) is 4.74 Å². The average Bonchev–Trinajstić information content (AvgIpc) is 2.41. The van der Waals surface area contributed by atoms with E-state index >= 15 is 0 Å². The molecule has 106 valence electrons. The fourth-order valence-electron chi connectivity index (χ4n) is 1.76. The van der Waals surface area contributed by atoms with Crippen LogP contribution in [-0.2, 0) is 21.4 Å². The molecule has 2 aromatic rings. The van der Waals surface area contributed by atoms with Gasteiger partial charge in [-0.3, -0.25) is 4.72 Å². The molecular formula is C14H14BrNO3S. The first-order chi connectivity index (χ1) is 9.54. The maximum atomic E-state index is 12.4. The molecule has 0 amide bonds. The fraction of sp³-hybridized carbons (Fsp3) is 0.143. The highest BCUT2D eigenvalue weighted by atomic mass is 79.9. The Morgan fingerprint density at radius 1 is 1.10 bits per heavy atom. The Bertz CT molecular complexity index is 701. The van der Waals surface area contributed by atoms with Crippen molar-refractivity contribution in [3.8, 4) is 0 Å². The van der Waals surface area contributed by atoms with Crippen molar-refractivity contribution in [1.29, 1.82) is 0 Å². The second-order valence-corrected chi connectivity index (χ2v) is 6.63. The number of ether oxygens (including phenoxy) is 1. The Kier molecular flexibility index (Phi) is 4.80. The molecule has 20 heavy (non-hydrogen) atoms. The highest BCUT2D eigenvalue weighted by Gasteiger charge is 2.18. The average molecular weight is 356 g/mol. The van der Waals surface area contributed by atoms with Crippen LogP contribution in [0.2, 0.25) is 0 Å². The quantitative estimate of drug-likeness (QED) is 0.894. The van der Waals surface area contributed by atoms with Crippen LogP contribution in [0.15, 0.2) is 57.9 Å². The minimum atomic E-state index is -3.64. The monoisotopic (exact) mass is 355 g/mol. The summed E-state index contributed by atoms with van der Waals surface area (Å²) in [6, 6.07) is 13.8. The lowest BCUT2D eigenvalue weighted by molar-refractivity contribution is 0.185. The molecule has 0 heterocycles. The van der Waals surface area contributed by atoms with Crippen molar-refractivity contribution in [2.45, 2.75) is 11.5 Å². The van der Waals surface area contributed by atoms with E-state index in [2.05, 4.69) is 20.7 Å². The van der Waals surface area contributed by atoms with Crippen LogP contribution in [-0.4, -0.2) is 15.5 Å². The smallest absolute Gasteiger partial charge is 0.263 e. The van der Waals surface area contributed by atoms with E-state index < -0.39 is 10.0 Å². The Morgan fingerprint density at radius 2 is 1.75 bits per heavy atom. The van der Waals surface area contributed by atoms with Gasteiger partial charge < -0.3 is 4.74 Å². The van der Waals surface area contributed by atoms with E-state index in [9.17, 15) is 8.42 Å². The molecule has 4 nitrogen and oxygen atoms in total. The number of hydrogen-bond acceptors (Lipinski definition) is 3. The van der Waals surface area contributed by atoms with E-state index in [0.717, 1.165) is 5.56 Å². The number of benzene rings is 2. The lowest BCUT2D eigenvalue weighted by atomic mass is 10.2. The maximum absolute atomic E-state index is 12.4. The first kappa shape index (κ1) is 15.0. The first-order valence-corrected chi connectivity index (χ1v) is 8.16. The summed E-state index contributed by atoms with van der Waals surface area (Å²) in [5.74, 6) is 0. The number of rotatable bonds is 5. The molecule has 2 rings (SSSR count). The van der Waals surface area contributed by atoms with Gasteiger partial charge in [-0.1, -0.05) is 30.3 Å². The Balaban J connectivity index is 2.37. The summed E-state index contributed by atoms with van der Waals surface area (Å²) >= 11 is 3.25. The van der Waals surface area contributed by atoms with Crippen molar-refractivity contribution >= 4 is 31.6 Å². The van der Waals surface area contributed by atoms with Crippen LogP contribution in [0.4, 0.5) is 5.69 Å². The summed E-state index contributed by atoms with van der Waals surface area (Å²) in [7, 11) is -2.07. The van der Waals surface area contributed by atoms with Gasteiger partial charge in [0.05, 0.1) is 12.3 Å². The van der Waals surface area contributed by atoms with Gasteiger partial charge in [-0.05, 0) is 34.1 Å². The second-order valence-electron chi connectivity index (χ2n) is 4.13. The van der Waals surface area contributed by atoms with Crippen molar-refractivity contribution in [3.05, 3.63) is 58.6 Å². The number of nitrogens with one attached hydrogen (secondary N) is 1. The molecule has 0 aliphatic heterocycles. The zero-order valence-electron chi connectivity index (χ0n) is 10.8. The van der Waals surface area contributed by atoms with Gasteiger partial charge in [-0.15, -0.1) is 0 Å². The van der Waals surface area contributed by atoms with E-state index in [1.807, 2.05) is 12.1 Å². The van der Waals surface area contributed by atoms with Crippen molar-refractivity contribution < 1.29 is 13.2 Å². The lowest BCUT2D eigenvalue weighted by Crippen LogP contribution is -2.14.